The molecule has 4 nitrogen and oxygen atoms in total. The molecule has 0 aliphatic heterocycles. The first-order valence-corrected chi connectivity index (χ1v) is 8.11. The Morgan fingerprint density at radius 1 is 1.08 bits per heavy atom. The minimum absolute atomic E-state index is 0. The van der Waals surface area contributed by atoms with Crippen LogP contribution in [0.15, 0.2) is 53.7 Å². The van der Waals surface area contributed by atoms with Crippen LogP contribution in [0.4, 0.5) is 8.78 Å². The zero-order chi connectivity index (χ0) is 17.6. The Labute approximate surface area is 168 Å². The number of aromatic amines is 1. The third-order valence-electron chi connectivity index (χ3n) is 4.04. The number of benzene rings is 2. The van der Waals surface area contributed by atoms with Crippen molar-refractivity contribution in [1.29, 1.82) is 0 Å². The van der Waals surface area contributed by atoms with E-state index in [1.54, 1.807) is 7.05 Å². The molecule has 0 spiro atoms. The van der Waals surface area contributed by atoms with Crippen LogP contribution in [-0.4, -0.2) is 24.5 Å². The van der Waals surface area contributed by atoms with Gasteiger partial charge in [0.1, 0.15) is 11.6 Å². The third-order valence-corrected chi connectivity index (χ3v) is 4.04. The van der Waals surface area contributed by atoms with E-state index in [0.29, 0.717) is 12.5 Å². The SMILES string of the molecule is CN=C(NCCc1c[nH]c2ccccc12)NCc1cc(F)ccc1F.I. The van der Waals surface area contributed by atoms with Crippen LogP contribution in [0.2, 0.25) is 0 Å². The monoisotopic (exact) mass is 470 g/mol. The molecule has 138 valence electrons. The van der Waals surface area contributed by atoms with Gasteiger partial charge in [0.25, 0.3) is 0 Å². The summed E-state index contributed by atoms with van der Waals surface area (Å²) in [5.41, 5.74) is 2.59. The summed E-state index contributed by atoms with van der Waals surface area (Å²) in [5.74, 6) is -0.355. The molecule has 2 aromatic carbocycles. The van der Waals surface area contributed by atoms with E-state index in [1.807, 2.05) is 24.4 Å². The fourth-order valence-electron chi connectivity index (χ4n) is 2.73. The van der Waals surface area contributed by atoms with Gasteiger partial charge in [0, 0.05) is 42.8 Å². The molecule has 1 heterocycles. The number of aromatic nitrogens is 1. The van der Waals surface area contributed by atoms with E-state index in [-0.39, 0.29) is 36.1 Å². The van der Waals surface area contributed by atoms with Crippen molar-refractivity contribution < 1.29 is 8.78 Å². The van der Waals surface area contributed by atoms with Crippen LogP contribution in [0.1, 0.15) is 11.1 Å². The normalized spacial score (nSPS) is 11.3. The number of aliphatic imine (C=N–C) groups is 1. The van der Waals surface area contributed by atoms with Crippen molar-refractivity contribution in [3.8, 4) is 0 Å². The van der Waals surface area contributed by atoms with Crippen molar-refractivity contribution in [3.63, 3.8) is 0 Å². The Morgan fingerprint density at radius 2 is 1.88 bits per heavy atom. The van der Waals surface area contributed by atoms with Crippen molar-refractivity contribution in [2.24, 2.45) is 4.99 Å². The smallest absolute Gasteiger partial charge is 0.191 e. The van der Waals surface area contributed by atoms with Gasteiger partial charge in [0.2, 0.25) is 0 Å². The van der Waals surface area contributed by atoms with E-state index in [1.165, 1.54) is 17.0 Å². The van der Waals surface area contributed by atoms with Crippen LogP contribution in [-0.2, 0) is 13.0 Å². The number of nitrogens with one attached hydrogen (secondary N) is 3. The maximum atomic E-state index is 13.6. The van der Waals surface area contributed by atoms with Crippen LogP contribution >= 0.6 is 24.0 Å². The number of fused-ring (bicyclic) bond motifs is 1. The Morgan fingerprint density at radius 3 is 2.69 bits per heavy atom. The molecule has 7 heteroatoms. The highest BCUT2D eigenvalue weighted by atomic mass is 127. The first kappa shape index (κ1) is 20.2. The van der Waals surface area contributed by atoms with Gasteiger partial charge in [-0.25, -0.2) is 8.78 Å². The highest BCUT2D eigenvalue weighted by Gasteiger charge is 2.06. The average molecular weight is 470 g/mol. The topological polar surface area (TPSA) is 52.2 Å². The summed E-state index contributed by atoms with van der Waals surface area (Å²) >= 11 is 0. The Hall–Kier alpha value is -2.16. The molecule has 3 N–H and O–H groups in total. The molecule has 0 aliphatic carbocycles. The molecular formula is C19H21F2IN4. The van der Waals surface area contributed by atoms with Gasteiger partial charge in [-0.05, 0) is 36.2 Å². The summed E-state index contributed by atoms with van der Waals surface area (Å²) in [6.45, 7) is 0.837. The van der Waals surface area contributed by atoms with Gasteiger partial charge < -0.3 is 15.6 Å². The van der Waals surface area contributed by atoms with Gasteiger partial charge in [-0.15, -0.1) is 24.0 Å². The van der Waals surface area contributed by atoms with E-state index in [9.17, 15) is 8.78 Å². The van der Waals surface area contributed by atoms with Crippen LogP contribution in [0, 0.1) is 11.6 Å². The molecule has 0 unspecified atom stereocenters. The number of halogens is 3. The number of hydrogen-bond acceptors (Lipinski definition) is 1. The minimum atomic E-state index is -0.458. The summed E-state index contributed by atoms with van der Waals surface area (Å²) in [4.78, 5) is 7.35. The minimum Gasteiger partial charge on any atom is -0.361 e. The number of guanidine groups is 1. The summed E-state index contributed by atoms with van der Waals surface area (Å²) in [5, 5.41) is 7.38. The van der Waals surface area contributed by atoms with Crippen molar-refractivity contribution in [1.82, 2.24) is 15.6 Å². The molecule has 0 saturated carbocycles. The van der Waals surface area contributed by atoms with E-state index >= 15 is 0 Å². The van der Waals surface area contributed by atoms with Crippen LogP contribution < -0.4 is 10.6 Å². The summed E-state index contributed by atoms with van der Waals surface area (Å²) in [7, 11) is 1.64. The zero-order valence-corrected chi connectivity index (χ0v) is 16.7. The van der Waals surface area contributed by atoms with Gasteiger partial charge in [0.05, 0.1) is 0 Å². The molecule has 0 amide bonds. The van der Waals surface area contributed by atoms with Crippen molar-refractivity contribution in [2.45, 2.75) is 13.0 Å². The fraction of sp³-hybridized carbons (Fsp3) is 0.211. The van der Waals surface area contributed by atoms with E-state index < -0.39 is 11.6 Å². The van der Waals surface area contributed by atoms with Gasteiger partial charge in [-0.2, -0.15) is 0 Å². The third kappa shape index (κ3) is 4.94. The maximum Gasteiger partial charge on any atom is 0.191 e. The molecule has 1 aromatic heterocycles. The number of H-pyrrole nitrogens is 1. The number of nitrogens with zero attached hydrogens (tertiary/aromatic N) is 1. The molecule has 3 aromatic rings. The molecule has 0 bridgehead atoms. The predicted molar refractivity (Wildman–Crippen MR) is 112 cm³/mol. The predicted octanol–water partition coefficient (Wildman–Crippen LogP) is 3.97. The Balaban J connectivity index is 0.00000243. The van der Waals surface area contributed by atoms with E-state index in [0.717, 1.165) is 24.1 Å². The molecule has 26 heavy (non-hydrogen) atoms. The quantitative estimate of drug-likeness (QED) is 0.300. The molecule has 0 fully saturated rings. The Bertz CT molecular complexity index is 892. The molecule has 3 rings (SSSR count). The van der Waals surface area contributed by atoms with Crippen molar-refractivity contribution >= 4 is 40.8 Å². The zero-order valence-electron chi connectivity index (χ0n) is 14.4. The summed E-state index contributed by atoms with van der Waals surface area (Å²) in [6.07, 6.45) is 2.82. The number of hydrogen-bond donors (Lipinski definition) is 3. The van der Waals surface area contributed by atoms with Crippen molar-refractivity contribution in [2.75, 3.05) is 13.6 Å². The lowest BCUT2D eigenvalue weighted by atomic mass is 10.1. The lowest BCUT2D eigenvalue weighted by Gasteiger charge is -2.12. The molecular weight excluding hydrogens is 449 g/mol. The van der Waals surface area contributed by atoms with Crippen LogP contribution in [0.25, 0.3) is 10.9 Å². The summed E-state index contributed by atoms with van der Waals surface area (Å²) in [6, 6.07) is 11.6. The largest absolute Gasteiger partial charge is 0.361 e. The Kier molecular flexibility index (Phi) is 7.38. The number of para-hydroxylation sites is 1. The number of rotatable bonds is 5. The van der Waals surface area contributed by atoms with Crippen molar-refractivity contribution in [3.05, 3.63) is 71.4 Å². The van der Waals surface area contributed by atoms with Gasteiger partial charge in [-0.1, -0.05) is 18.2 Å². The first-order chi connectivity index (χ1) is 12.2. The lowest BCUT2D eigenvalue weighted by molar-refractivity contribution is 0.581. The summed E-state index contributed by atoms with van der Waals surface area (Å²) < 4.78 is 26.8. The lowest BCUT2D eigenvalue weighted by Crippen LogP contribution is -2.38. The second-order valence-electron chi connectivity index (χ2n) is 5.70. The molecule has 0 saturated heterocycles. The maximum absolute atomic E-state index is 13.6. The van der Waals surface area contributed by atoms with Crippen LogP contribution in [0.3, 0.4) is 0 Å². The fourth-order valence-corrected chi connectivity index (χ4v) is 2.73. The molecule has 0 radical (unpaired) electrons. The molecule has 0 aliphatic rings. The van der Waals surface area contributed by atoms with Gasteiger partial charge in [-0.3, -0.25) is 4.99 Å². The second-order valence-corrected chi connectivity index (χ2v) is 5.70. The standard InChI is InChI=1S/C19H20F2N4.HI/c1-22-19(25-12-14-10-15(20)6-7-17(14)21)23-9-8-13-11-24-18-5-3-2-4-16(13)18;/h2-7,10-11,24H,8-9,12H2,1H3,(H2,22,23,25);1H. The van der Waals surface area contributed by atoms with Gasteiger partial charge >= 0.3 is 0 Å². The average Bonchev–Trinajstić information content (AvgIpc) is 3.04. The molecule has 0 atom stereocenters. The van der Waals surface area contributed by atoms with Crippen LogP contribution in [0.5, 0.6) is 0 Å². The first-order valence-electron chi connectivity index (χ1n) is 8.11. The second kappa shape index (κ2) is 9.51. The van der Waals surface area contributed by atoms with Gasteiger partial charge in [0.15, 0.2) is 5.96 Å². The highest BCUT2D eigenvalue weighted by Crippen LogP contribution is 2.17. The van der Waals surface area contributed by atoms with E-state index in [2.05, 4.69) is 26.7 Å². The highest BCUT2D eigenvalue weighted by molar-refractivity contribution is 14.0. The van der Waals surface area contributed by atoms with E-state index in [4.69, 9.17) is 0 Å².